The van der Waals surface area contributed by atoms with Crippen molar-refractivity contribution in [1.29, 1.82) is 0 Å². The predicted molar refractivity (Wildman–Crippen MR) is 90.1 cm³/mol. The quantitative estimate of drug-likeness (QED) is 0.660. The van der Waals surface area contributed by atoms with E-state index in [1.807, 2.05) is 0 Å². The van der Waals surface area contributed by atoms with Crippen molar-refractivity contribution in [2.24, 2.45) is 0 Å². The lowest BCUT2D eigenvalue weighted by Gasteiger charge is -2.07. The summed E-state index contributed by atoms with van der Waals surface area (Å²) in [6.45, 7) is 4.10. The molecule has 0 aliphatic heterocycles. The topological polar surface area (TPSA) is 84.7 Å². The van der Waals surface area contributed by atoms with Gasteiger partial charge in [0.05, 0.1) is 18.1 Å². The summed E-state index contributed by atoms with van der Waals surface area (Å²) in [5, 5.41) is 12.2. The lowest BCUT2D eigenvalue weighted by Crippen LogP contribution is -2.27. The number of hydrogen-bond donors (Lipinski definition) is 2. The molecule has 120 valence electrons. The molecule has 1 amide bonds. The zero-order valence-corrected chi connectivity index (χ0v) is 14.3. The largest absolute Gasteiger partial charge is 0.369 e. The number of aromatic nitrogens is 4. The van der Waals surface area contributed by atoms with Gasteiger partial charge in [-0.3, -0.25) is 4.79 Å². The highest BCUT2D eigenvalue weighted by Gasteiger charge is 2.09. The van der Waals surface area contributed by atoms with Crippen molar-refractivity contribution < 1.29 is 4.79 Å². The predicted octanol–water partition coefficient (Wildman–Crippen LogP) is 1.94. The lowest BCUT2D eigenvalue weighted by atomic mass is 10.3. The average molecular weight is 369 g/mol. The maximum Gasteiger partial charge on any atom is 0.220 e. The van der Waals surface area contributed by atoms with Crippen LogP contribution in [0.25, 0.3) is 11.0 Å². The van der Waals surface area contributed by atoms with Crippen LogP contribution in [-0.4, -0.2) is 44.1 Å². The van der Waals surface area contributed by atoms with Gasteiger partial charge in [0, 0.05) is 24.8 Å². The van der Waals surface area contributed by atoms with E-state index in [1.165, 1.54) is 6.33 Å². The van der Waals surface area contributed by atoms with Crippen LogP contribution in [0.1, 0.15) is 26.2 Å². The van der Waals surface area contributed by atoms with E-state index >= 15 is 0 Å². The summed E-state index contributed by atoms with van der Waals surface area (Å²) in [7, 11) is 0. The van der Waals surface area contributed by atoms with Gasteiger partial charge in [0.15, 0.2) is 5.65 Å². The summed E-state index contributed by atoms with van der Waals surface area (Å²) in [6.07, 6.45) is 5.71. The van der Waals surface area contributed by atoms with E-state index < -0.39 is 0 Å². The van der Waals surface area contributed by atoms with Gasteiger partial charge in [0.2, 0.25) is 5.91 Å². The Morgan fingerprint density at radius 3 is 3.00 bits per heavy atom. The first-order chi connectivity index (χ1) is 10.8. The van der Waals surface area contributed by atoms with Gasteiger partial charge in [-0.05, 0) is 12.8 Å². The normalized spacial score (nSPS) is 10.8. The fraction of sp³-hybridized carbons (Fsp3) is 0.571. The van der Waals surface area contributed by atoms with Gasteiger partial charge in [-0.1, -0.05) is 22.9 Å². The minimum atomic E-state index is 0.0656. The van der Waals surface area contributed by atoms with Crippen molar-refractivity contribution in [3.8, 4) is 0 Å². The van der Waals surface area contributed by atoms with Gasteiger partial charge >= 0.3 is 0 Å². The van der Waals surface area contributed by atoms with Gasteiger partial charge in [0.1, 0.15) is 12.1 Å². The minimum absolute atomic E-state index is 0.0656. The minimum Gasteiger partial charge on any atom is -0.369 e. The Hall–Kier alpha value is -1.70. The van der Waals surface area contributed by atoms with Crippen molar-refractivity contribution >= 4 is 38.7 Å². The Labute approximate surface area is 138 Å². The van der Waals surface area contributed by atoms with Crippen LogP contribution in [0.2, 0.25) is 0 Å². The van der Waals surface area contributed by atoms with Crippen molar-refractivity contribution in [2.45, 2.75) is 32.7 Å². The van der Waals surface area contributed by atoms with Crippen LogP contribution in [0.15, 0.2) is 12.5 Å². The van der Waals surface area contributed by atoms with Crippen LogP contribution >= 0.6 is 15.9 Å². The van der Waals surface area contributed by atoms with Gasteiger partial charge in [-0.25, -0.2) is 14.6 Å². The molecular formula is C14H21BrN6O. The molecule has 0 unspecified atom stereocenters. The number of halogens is 1. The van der Waals surface area contributed by atoms with Crippen LogP contribution in [0, 0.1) is 0 Å². The molecule has 0 saturated heterocycles. The summed E-state index contributed by atoms with van der Waals surface area (Å²) in [6, 6.07) is 0. The number of fused-ring (bicyclic) bond motifs is 1. The molecule has 0 aromatic carbocycles. The number of anilines is 1. The van der Waals surface area contributed by atoms with Crippen LogP contribution < -0.4 is 10.6 Å². The number of nitrogens with one attached hydrogen (secondary N) is 2. The smallest absolute Gasteiger partial charge is 0.220 e. The molecule has 7 nitrogen and oxygen atoms in total. The molecule has 2 aromatic heterocycles. The van der Waals surface area contributed by atoms with Crippen LogP contribution in [0.4, 0.5) is 5.82 Å². The number of nitrogens with zero attached hydrogens (tertiary/aromatic N) is 4. The highest BCUT2D eigenvalue weighted by Crippen LogP contribution is 2.18. The van der Waals surface area contributed by atoms with Crippen LogP contribution in [-0.2, 0) is 11.3 Å². The standard InChI is InChI=1S/C14H21BrN6O/c1-2-6-17-13-11-9-20-21(14(11)19-10-18-13)8-7-16-12(22)4-3-5-15/h9-10H,2-8H2,1H3,(H,16,22)(H,17,18,19). The van der Waals surface area contributed by atoms with Gasteiger partial charge < -0.3 is 10.6 Å². The summed E-state index contributed by atoms with van der Waals surface area (Å²) in [5.74, 6) is 0.871. The van der Waals surface area contributed by atoms with E-state index in [0.717, 1.165) is 41.6 Å². The molecule has 8 heteroatoms. The average Bonchev–Trinajstić information content (AvgIpc) is 2.95. The Morgan fingerprint density at radius 1 is 1.36 bits per heavy atom. The SMILES string of the molecule is CCCNc1ncnc2c1cnn2CCNC(=O)CCCBr. The molecule has 0 radical (unpaired) electrons. The number of hydrogen-bond acceptors (Lipinski definition) is 5. The second kappa shape index (κ2) is 8.67. The van der Waals surface area contributed by atoms with E-state index in [9.17, 15) is 4.79 Å². The van der Waals surface area contributed by atoms with E-state index in [4.69, 9.17) is 0 Å². The molecule has 22 heavy (non-hydrogen) atoms. The summed E-state index contributed by atoms with van der Waals surface area (Å²) in [5.41, 5.74) is 0.781. The van der Waals surface area contributed by atoms with E-state index in [-0.39, 0.29) is 5.91 Å². The molecule has 2 rings (SSSR count). The molecular weight excluding hydrogens is 348 g/mol. The van der Waals surface area contributed by atoms with Crippen molar-refractivity contribution in [1.82, 2.24) is 25.1 Å². The molecule has 0 aliphatic carbocycles. The van der Waals surface area contributed by atoms with Crippen molar-refractivity contribution in [3.63, 3.8) is 0 Å². The Bertz CT molecular complexity index is 614. The first-order valence-electron chi connectivity index (χ1n) is 7.49. The lowest BCUT2D eigenvalue weighted by molar-refractivity contribution is -0.121. The maximum atomic E-state index is 11.6. The summed E-state index contributed by atoms with van der Waals surface area (Å²) < 4.78 is 1.79. The molecule has 0 bridgehead atoms. The van der Waals surface area contributed by atoms with Crippen LogP contribution in [0.5, 0.6) is 0 Å². The zero-order valence-electron chi connectivity index (χ0n) is 12.7. The molecule has 0 saturated carbocycles. The third kappa shape index (κ3) is 4.40. The van der Waals surface area contributed by atoms with Gasteiger partial charge in [0.25, 0.3) is 0 Å². The Morgan fingerprint density at radius 2 is 2.23 bits per heavy atom. The van der Waals surface area contributed by atoms with Gasteiger partial charge in [-0.2, -0.15) is 5.10 Å². The molecule has 0 atom stereocenters. The van der Waals surface area contributed by atoms with E-state index in [1.54, 1.807) is 10.9 Å². The second-order valence-electron chi connectivity index (χ2n) is 4.90. The highest BCUT2D eigenvalue weighted by molar-refractivity contribution is 9.09. The molecule has 2 heterocycles. The fourth-order valence-electron chi connectivity index (χ4n) is 2.06. The maximum absolute atomic E-state index is 11.6. The first kappa shape index (κ1) is 16.7. The monoisotopic (exact) mass is 368 g/mol. The summed E-state index contributed by atoms with van der Waals surface area (Å²) in [4.78, 5) is 20.1. The number of amides is 1. The van der Waals surface area contributed by atoms with E-state index in [0.29, 0.717) is 19.5 Å². The highest BCUT2D eigenvalue weighted by atomic mass is 79.9. The number of rotatable bonds is 9. The Balaban J connectivity index is 1.96. The van der Waals surface area contributed by atoms with Crippen LogP contribution in [0.3, 0.4) is 0 Å². The molecule has 2 N–H and O–H groups in total. The third-order valence-electron chi connectivity index (χ3n) is 3.16. The molecule has 0 spiro atoms. The fourth-order valence-corrected chi connectivity index (χ4v) is 2.34. The van der Waals surface area contributed by atoms with E-state index in [2.05, 4.69) is 48.6 Å². The van der Waals surface area contributed by atoms with Crippen molar-refractivity contribution in [3.05, 3.63) is 12.5 Å². The van der Waals surface area contributed by atoms with Crippen molar-refractivity contribution in [2.75, 3.05) is 23.7 Å². The van der Waals surface area contributed by atoms with Gasteiger partial charge in [-0.15, -0.1) is 0 Å². The number of carbonyl (C=O) groups excluding carboxylic acids is 1. The second-order valence-corrected chi connectivity index (χ2v) is 5.69. The number of alkyl halides is 1. The first-order valence-corrected chi connectivity index (χ1v) is 8.61. The Kier molecular flexibility index (Phi) is 6.57. The number of carbonyl (C=O) groups is 1. The third-order valence-corrected chi connectivity index (χ3v) is 3.72. The molecule has 2 aromatic rings. The zero-order chi connectivity index (χ0) is 15.8. The summed E-state index contributed by atoms with van der Waals surface area (Å²) >= 11 is 3.32. The molecule has 0 aliphatic rings. The molecule has 0 fully saturated rings.